The molecule has 0 radical (unpaired) electrons. The number of halogens is 2. The molecular weight excluding hydrogens is 347 g/mol. The second kappa shape index (κ2) is 9.52. The molecule has 0 saturated heterocycles. The number of rotatable bonds is 6. The number of ether oxygens (including phenoxy) is 1. The van der Waals surface area contributed by atoms with Crippen molar-refractivity contribution in [3.05, 3.63) is 64.7 Å². The monoisotopic (exact) mass is 368 g/mol. The third-order valence-corrected chi connectivity index (χ3v) is 3.82. The van der Waals surface area contributed by atoms with Gasteiger partial charge in [-0.2, -0.15) is 0 Å². The summed E-state index contributed by atoms with van der Waals surface area (Å²) in [5, 5.41) is 3.60. The first-order valence-electron chi connectivity index (χ1n) is 7.45. The normalized spacial score (nSPS) is 12.7. The molecule has 3 N–H and O–H groups in total. The van der Waals surface area contributed by atoms with E-state index >= 15 is 0 Å². The minimum Gasteiger partial charge on any atom is -0.496 e. The summed E-state index contributed by atoms with van der Waals surface area (Å²) in [7, 11) is 1.60. The number of para-hydroxylation sites is 1. The molecule has 2 rings (SSSR count). The molecule has 130 valence electrons. The summed E-state index contributed by atoms with van der Waals surface area (Å²) in [6, 6.07) is 14.4. The van der Waals surface area contributed by atoms with Crippen molar-refractivity contribution in [2.24, 2.45) is 5.73 Å². The third kappa shape index (κ3) is 5.13. The van der Waals surface area contributed by atoms with Crippen LogP contribution in [-0.2, 0) is 4.79 Å². The maximum absolute atomic E-state index is 12.2. The lowest BCUT2D eigenvalue weighted by Gasteiger charge is -2.23. The maximum atomic E-state index is 12.2. The van der Waals surface area contributed by atoms with Crippen LogP contribution in [0, 0.1) is 0 Å². The van der Waals surface area contributed by atoms with Gasteiger partial charge in [-0.15, -0.1) is 12.4 Å². The molecule has 0 aliphatic rings. The number of amides is 1. The van der Waals surface area contributed by atoms with Crippen LogP contribution < -0.4 is 15.8 Å². The van der Waals surface area contributed by atoms with Gasteiger partial charge in [0, 0.05) is 23.0 Å². The van der Waals surface area contributed by atoms with E-state index in [1.165, 1.54) is 0 Å². The fraction of sp³-hybridized carbons (Fsp3) is 0.278. The zero-order valence-electron chi connectivity index (χ0n) is 13.7. The summed E-state index contributed by atoms with van der Waals surface area (Å²) in [5.74, 6) is 0.564. The van der Waals surface area contributed by atoms with Gasteiger partial charge in [-0.25, -0.2) is 0 Å². The van der Waals surface area contributed by atoms with Gasteiger partial charge in [0.15, 0.2) is 0 Å². The predicted molar refractivity (Wildman–Crippen MR) is 99.9 cm³/mol. The van der Waals surface area contributed by atoms with Crippen molar-refractivity contribution < 1.29 is 9.53 Å². The van der Waals surface area contributed by atoms with Gasteiger partial charge in [0.1, 0.15) is 5.75 Å². The van der Waals surface area contributed by atoms with Crippen LogP contribution in [0.15, 0.2) is 48.5 Å². The lowest BCUT2D eigenvalue weighted by atomic mass is 9.97. The minimum atomic E-state index is -0.397. The van der Waals surface area contributed by atoms with Crippen LogP contribution in [0.4, 0.5) is 0 Å². The second-order valence-electron chi connectivity index (χ2n) is 5.45. The van der Waals surface area contributed by atoms with Gasteiger partial charge in [-0.1, -0.05) is 48.0 Å². The predicted octanol–water partition coefficient (Wildman–Crippen LogP) is 3.71. The van der Waals surface area contributed by atoms with E-state index in [4.69, 9.17) is 22.1 Å². The molecule has 0 heterocycles. The molecule has 2 atom stereocenters. The van der Waals surface area contributed by atoms with E-state index in [1.807, 2.05) is 42.5 Å². The van der Waals surface area contributed by atoms with Crippen LogP contribution in [0.3, 0.4) is 0 Å². The van der Waals surface area contributed by atoms with Crippen molar-refractivity contribution in [1.82, 2.24) is 5.32 Å². The van der Waals surface area contributed by atoms with E-state index in [-0.39, 0.29) is 30.8 Å². The fourth-order valence-electron chi connectivity index (χ4n) is 2.45. The highest BCUT2D eigenvalue weighted by Crippen LogP contribution is 2.33. The number of methoxy groups -OCH3 is 1. The molecule has 2 aromatic rings. The number of hydrogen-bond donors (Lipinski definition) is 2. The Bertz CT molecular complexity index is 678. The number of nitrogens with two attached hydrogens (primary N) is 1. The Labute approximate surface area is 153 Å². The van der Waals surface area contributed by atoms with Crippen LogP contribution in [-0.4, -0.2) is 19.1 Å². The quantitative estimate of drug-likeness (QED) is 0.816. The second-order valence-corrected chi connectivity index (χ2v) is 5.85. The number of carbonyl (C=O) groups is 1. The van der Waals surface area contributed by atoms with E-state index in [9.17, 15) is 4.79 Å². The summed E-state index contributed by atoms with van der Waals surface area (Å²) in [5.41, 5.74) is 7.39. The largest absolute Gasteiger partial charge is 0.496 e. The highest BCUT2D eigenvalue weighted by molar-refractivity contribution is 6.31. The lowest BCUT2D eigenvalue weighted by Crippen LogP contribution is -2.33. The summed E-state index contributed by atoms with van der Waals surface area (Å²) < 4.78 is 5.43. The minimum absolute atomic E-state index is 0. The lowest BCUT2D eigenvalue weighted by molar-refractivity contribution is -0.121. The number of hydrogen-bond acceptors (Lipinski definition) is 3. The summed E-state index contributed by atoms with van der Waals surface area (Å²) in [6.07, 6.45) is 0.246. The highest BCUT2D eigenvalue weighted by Gasteiger charge is 2.22. The fourth-order valence-corrected chi connectivity index (χ4v) is 2.69. The summed E-state index contributed by atoms with van der Waals surface area (Å²) in [4.78, 5) is 12.2. The molecule has 24 heavy (non-hydrogen) atoms. The molecule has 6 heteroatoms. The van der Waals surface area contributed by atoms with Crippen molar-refractivity contribution >= 4 is 29.9 Å². The maximum Gasteiger partial charge on any atom is 0.222 e. The Morgan fingerprint density at radius 3 is 2.33 bits per heavy atom. The first kappa shape index (κ1) is 20.3. The SMILES string of the molecule is COc1ccccc1C(NC(=O)CC(C)N)c1ccccc1Cl.Cl. The molecule has 0 aromatic heterocycles. The van der Waals surface area contributed by atoms with E-state index in [0.29, 0.717) is 10.8 Å². The van der Waals surface area contributed by atoms with Crippen molar-refractivity contribution in [3.63, 3.8) is 0 Å². The molecule has 2 unspecified atom stereocenters. The Kier molecular flexibility index (Phi) is 8.05. The Balaban J connectivity index is 0.00000288. The molecule has 0 bridgehead atoms. The van der Waals surface area contributed by atoms with Gasteiger partial charge in [0.25, 0.3) is 0 Å². The number of carbonyl (C=O) groups excluding carboxylic acids is 1. The van der Waals surface area contributed by atoms with Gasteiger partial charge in [0.2, 0.25) is 5.91 Å². The Morgan fingerprint density at radius 1 is 1.17 bits per heavy atom. The molecule has 1 amide bonds. The van der Waals surface area contributed by atoms with Crippen LogP contribution in [0.25, 0.3) is 0 Å². The average molecular weight is 369 g/mol. The van der Waals surface area contributed by atoms with Crippen molar-refractivity contribution in [2.75, 3.05) is 7.11 Å². The molecule has 0 spiro atoms. The van der Waals surface area contributed by atoms with Gasteiger partial charge >= 0.3 is 0 Å². The summed E-state index contributed by atoms with van der Waals surface area (Å²) in [6.45, 7) is 1.80. The van der Waals surface area contributed by atoms with E-state index < -0.39 is 6.04 Å². The Hall–Kier alpha value is -1.75. The first-order valence-corrected chi connectivity index (χ1v) is 7.83. The van der Waals surface area contributed by atoms with E-state index in [2.05, 4.69) is 5.32 Å². The number of benzene rings is 2. The van der Waals surface area contributed by atoms with Crippen molar-refractivity contribution in [1.29, 1.82) is 0 Å². The standard InChI is InChI=1S/C18H21ClN2O2.ClH/c1-12(20)11-17(22)21-18(13-7-3-5-9-15(13)19)14-8-4-6-10-16(14)23-2;/h3-10,12,18H,11,20H2,1-2H3,(H,21,22);1H. The molecule has 0 aliphatic carbocycles. The smallest absolute Gasteiger partial charge is 0.222 e. The van der Waals surface area contributed by atoms with Crippen LogP contribution in [0.1, 0.15) is 30.5 Å². The molecule has 2 aromatic carbocycles. The van der Waals surface area contributed by atoms with Gasteiger partial charge in [-0.3, -0.25) is 4.79 Å². The third-order valence-electron chi connectivity index (χ3n) is 3.48. The molecule has 0 aliphatic heterocycles. The van der Waals surface area contributed by atoms with Crippen LogP contribution >= 0.6 is 24.0 Å². The van der Waals surface area contributed by atoms with Gasteiger partial charge in [0.05, 0.1) is 13.2 Å². The van der Waals surface area contributed by atoms with Crippen LogP contribution in [0.5, 0.6) is 5.75 Å². The van der Waals surface area contributed by atoms with E-state index in [0.717, 1.165) is 11.1 Å². The molecule has 0 fully saturated rings. The molecular formula is C18H22Cl2N2O2. The van der Waals surface area contributed by atoms with Gasteiger partial charge < -0.3 is 15.8 Å². The topological polar surface area (TPSA) is 64.3 Å². The first-order chi connectivity index (χ1) is 11.0. The van der Waals surface area contributed by atoms with Gasteiger partial charge in [-0.05, 0) is 24.6 Å². The summed E-state index contributed by atoms with van der Waals surface area (Å²) >= 11 is 6.34. The Morgan fingerprint density at radius 2 is 1.75 bits per heavy atom. The average Bonchev–Trinajstić information content (AvgIpc) is 2.53. The zero-order chi connectivity index (χ0) is 16.8. The van der Waals surface area contributed by atoms with E-state index in [1.54, 1.807) is 20.1 Å². The van der Waals surface area contributed by atoms with Crippen molar-refractivity contribution in [2.45, 2.75) is 25.4 Å². The molecule has 0 saturated carbocycles. The number of nitrogens with one attached hydrogen (secondary N) is 1. The zero-order valence-corrected chi connectivity index (χ0v) is 15.2. The highest BCUT2D eigenvalue weighted by atomic mass is 35.5. The van der Waals surface area contributed by atoms with Crippen molar-refractivity contribution in [3.8, 4) is 5.75 Å². The molecule has 4 nitrogen and oxygen atoms in total. The van der Waals surface area contributed by atoms with Crippen LogP contribution in [0.2, 0.25) is 5.02 Å².